The number of nitrogen functional groups attached to an aromatic ring is 2. The number of anilines is 2. The Morgan fingerprint density at radius 2 is 1.69 bits per heavy atom. The number of ether oxygens (including phenoxy) is 1. The van der Waals surface area contributed by atoms with Crippen molar-refractivity contribution in [3.8, 4) is 0 Å². The number of nitrogens with two attached hydrogens (primary N) is 2. The van der Waals surface area contributed by atoms with Crippen molar-refractivity contribution in [1.29, 1.82) is 0 Å². The minimum atomic E-state index is -5.08. The van der Waals surface area contributed by atoms with Crippen LogP contribution in [0.1, 0.15) is 44.1 Å². The van der Waals surface area contributed by atoms with Crippen molar-refractivity contribution in [2.24, 2.45) is 4.99 Å². The fourth-order valence-electron chi connectivity index (χ4n) is 3.16. The number of hydrogen-bond donors (Lipinski definition) is 5. The lowest BCUT2D eigenvalue weighted by Crippen LogP contribution is -2.54. The number of carboxylic acid groups (broad SMARTS) is 1. The summed E-state index contributed by atoms with van der Waals surface area (Å²) in [6.45, 7) is 7.16. The number of nitrogens with one attached hydrogen (secondary N) is 2. The van der Waals surface area contributed by atoms with Gasteiger partial charge in [0.15, 0.2) is 28.4 Å². The number of carbonyl (C=O) groups excluding carboxylic acids is 2. The molecular formula is C19H26ClF3N8O5. The normalized spacial score (nSPS) is 18.1. The van der Waals surface area contributed by atoms with E-state index in [9.17, 15) is 22.8 Å². The summed E-state index contributed by atoms with van der Waals surface area (Å²) < 4.78 is 37.2. The molecule has 36 heavy (non-hydrogen) atoms. The first-order valence-electron chi connectivity index (χ1n) is 10.4. The third-order valence-corrected chi connectivity index (χ3v) is 5.19. The van der Waals surface area contributed by atoms with Crippen LogP contribution in [-0.2, 0) is 9.53 Å². The summed E-state index contributed by atoms with van der Waals surface area (Å²) in [6, 6.07) is 0. The van der Waals surface area contributed by atoms with Crippen LogP contribution in [0.4, 0.5) is 29.6 Å². The Hall–Kier alpha value is -3.56. The SMILES string of the molecule is CC(C)(C)OC(=O)N1CCC2(CC1)CN/C(=N\C(=O)c1nc(Cl)c(N)nc1N)N2.O=C(O)C(F)(F)F. The average Bonchev–Trinajstić information content (AvgIpc) is 3.11. The summed E-state index contributed by atoms with van der Waals surface area (Å²) in [4.78, 5) is 46.9. The van der Waals surface area contributed by atoms with Crippen molar-refractivity contribution >= 4 is 47.2 Å². The Morgan fingerprint density at radius 3 is 2.19 bits per heavy atom. The number of aromatic nitrogens is 2. The molecule has 1 aromatic rings. The van der Waals surface area contributed by atoms with E-state index in [1.54, 1.807) is 4.90 Å². The first kappa shape index (κ1) is 28.7. The number of aliphatic carboxylic acids is 1. The number of aliphatic imine (C=N–C) groups is 1. The van der Waals surface area contributed by atoms with E-state index in [1.807, 2.05) is 20.8 Å². The molecule has 200 valence electrons. The number of hydrogen-bond acceptors (Lipinski definition) is 8. The van der Waals surface area contributed by atoms with Crippen LogP contribution in [0.3, 0.4) is 0 Å². The largest absolute Gasteiger partial charge is 0.490 e. The predicted molar refractivity (Wildman–Crippen MR) is 122 cm³/mol. The van der Waals surface area contributed by atoms with E-state index in [1.165, 1.54) is 0 Å². The zero-order valence-electron chi connectivity index (χ0n) is 19.6. The smallest absolute Gasteiger partial charge is 0.475 e. The van der Waals surface area contributed by atoms with Gasteiger partial charge in [0.05, 0.1) is 5.54 Å². The molecule has 2 amide bonds. The highest BCUT2D eigenvalue weighted by Crippen LogP contribution is 2.26. The molecule has 1 aromatic heterocycles. The Labute approximate surface area is 208 Å². The third kappa shape index (κ3) is 7.73. The van der Waals surface area contributed by atoms with Crippen LogP contribution in [0.2, 0.25) is 5.15 Å². The van der Waals surface area contributed by atoms with Crippen LogP contribution in [0.15, 0.2) is 4.99 Å². The fourth-order valence-corrected chi connectivity index (χ4v) is 3.29. The maximum Gasteiger partial charge on any atom is 0.490 e. The summed E-state index contributed by atoms with van der Waals surface area (Å²) in [5.41, 5.74) is 10.2. The van der Waals surface area contributed by atoms with Gasteiger partial charge in [0, 0.05) is 19.6 Å². The number of carbonyl (C=O) groups is 3. The van der Waals surface area contributed by atoms with E-state index < -0.39 is 23.7 Å². The number of carboxylic acids is 1. The van der Waals surface area contributed by atoms with Gasteiger partial charge in [-0.3, -0.25) is 4.79 Å². The highest BCUT2D eigenvalue weighted by Gasteiger charge is 2.41. The molecule has 0 aliphatic carbocycles. The van der Waals surface area contributed by atoms with E-state index in [4.69, 9.17) is 37.7 Å². The number of halogens is 4. The van der Waals surface area contributed by atoms with Crippen molar-refractivity contribution in [1.82, 2.24) is 25.5 Å². The second-order valence-electron chi connectivity index (χ2n) is 8.93. The first-order chi connectivity index (χ1) is 16.4. The third-order valence-electron chi connectivity index (χ3n) is 4.91. The quantitative estimate of drug-likeness (QED) is 0.346. The fraction of sp³-hybridized carbons (Fsp3) is 0.579. The van der Waals surface area contributed by atoms with Gasteiger partial charge in [-0.15, -0.1) is 0 Å². The van der Waals surface area contributed by atoms with Gasteiger partial charge in [0.25, 0.3) is 0 Å². The zero-order chi connectivity index (χ0) is 27.5. The van der Waals surface area contributed by atoms with Crippen molar-refractivity contribution in [3.05, 3.63) is 10.8 Å². The number of guanidine groups is 1. The molecule has 0 unspecified atom stereocenters. The van der Waals surface area contributed by atoms with Crippen LogP contribution in [-0.4, -0.2) is 80.9 Å². The van der Waals surface area contributed by atoms with E-state index in [0.717, 1.165) is 0 Å². The van der Waals surface area contributed by atoms with Crippen LogP contribution in [0.25, 0.3) is 0 Å². The molecule has 2 fully saturated rings. The molecule has 2 saturated heterocycles. The van der Waals surface area contributed by atoms with Crippen molar-refractivity contribution in [2.45, 2.75) is 50.9 Å². The molecule has 2 aliphatic rings. The highest BCUT2D eigenvalue weighted by atomic mass is 35.5. The van der Waals surface area contributed by atoms with E-state index in [2.05, 4.69) is 25.6 Å². The topological polar surface area (TPSA) is 198 Å². The molecule has 0 saturated carbocycles. The standard InChI is InChI=1S/C17H25ClN8O3.C2HF3O2/c1-16(2,3)29-15(28)26-6-4-17(5-7-26)8-21-14(25-17)24-13(27)9-11(19)23-12(20)10(18)22-9;3-2(4,5)1(6)7/h4-8H2,1-3H3,(H4,19,20,23)(H2,21,24,25,27);(H,6,7). The van der Waals surface area contributed by atoms with Crippen molar-refractivity contribution in [2.75, 3.05) is 31.1 Å². The summed E-state index contributed by atoms with van der Waals surface area (Å²) in [7, 11) is 0. The number of nitrogens with zero attached hydrogens (tertiary/aromatic N) is 4. The van der Waals surface area contributed by atoms with E-state index in [0.29, 0.717) is 38.4 Å². The van der Waals surface area contributed by atoms with Gasteiger partial charge in [-0.2, -0.15) is 18.2 Å². The molecule has 7 N–H and O–H groups in total. The summed E-state index contributed by atoms with van der Waals surface area (Å²) in [5, 5.41) is 13.3. The van der Waals surface area contributed by atoms with E-state index >= 15 is 0 Å². The van der Waals surface area contributed by atoms with Gasteiger partial charge in [0.2, 0.25) is 0 Å². The van der Waals surface area contributed by atoms with Crippen LogP contribution in [0.5, 0.6) is 0 Å². The molecule has 0 aromatic carbocycles. The molecule has 2 aliphatic heterocycles. The predicted octanol–water partition coefficient (Wildman–Crippen LogP) is 1.39. The monoisotopic (exact) mass is 538 g/mol. The van der Waals surface area contributed by atoms with Crippen LogP contribution >= 0.6 is 11.6 Å². The highest BCUT2D eigenvalue weighted by molar-refractivity contribution is 6.31. The minimum absolute atomic E-state index is 0.0545. The second kappa shape index (κ2) is 10.6. The summed E-state index contributed by atoms with van der Waals surface area (Å²) >= 11 is 5.81. The Morgan fingerprint density at radius 1 is 1.14 bits per heavy atom. The number of likely N-dealkylation sites (tertiary alicyclic amines) is 1. The molecule has 0 bridgehead atoms. The lowest BCUT2D eigenvalue weighted by atomic mass is 9.89. The zero-order valence-corrected chi connectivity index (χ0v) is 20.3. The summed E-state index contributed by atoms with van der Waals surface area (Å²) in [6.07, 6.45) is -4.04. The van der Waals surface area contributed by atoms with Crippen LogP contribution < -0.4 is 22.1 Å². The van der Waals surface area contributed by atoms with E-state index in [-0.39, 0.29) is 34.1 Å². The Bertz CT molecular complexity index is 1050. The maximum atomic E-state index is 12.4. The molecule has 0 radical (unpaired) electrons. The lowest BCUT2D eigenvalue weighted by molar-refractivity contribution is -0.192. The number of rotatable bonds is 1. The van der Waals surface area contributed by atoms with Gasteiger partial charge in [0.1, 0.15) is 5.60 Å². The Kier molecular flexibility index (Phi) is 8.44. The molecular weight excluding hydrogens is 513 g/mol. The minimum Gasteiger partial charge on any atom is -0.475 e. The van der Waals surface area contributed by atoms with Gasteiger partial charge >= 0.3 is 24.1 Å². The molecule has 1 spiro atoms. The number of piperidine rings is 1. The van der Waals surface area contributed by atoms with Crippen LogP contribution in [0, 0.1) is 0 Å². The molecule has 3 heterocycles. The van der Waals surface area contributed by atoms with Gasteiger partial charge < -0.3 is 36.8 Å². The van der Waals surface area contributed by atoms with Crippen molar-refractivity contribution in [3.63, 3.8) is 0 Å². The Balaban J connectivity index is 0.000000572. The first-order valence-corrected chi connectivity index (χ1v) is 10.8. The number of amides is 2. The maximum absolute atomic E-state index is 12.4. The second-order valence-corrected chi connectivity index (χ2v) is 9.29. The molecule has 13 nitrogen and oxygen atoms in total. The van der Waals surface area contributed by atoms with Gasteiger partial charge in [-0.1, -0.05) is 11.6 Å². The van der Waals surface area contributed by atoms with Gasteiger partial charge in [-0.05, 0) is 33.6 Å². The van der Waals surface area contributed by atoms with Gasteiger partial charge in [-0.25, -0.2) is 19.6 Å². The molecule has 3 rings (SSSR count). The average molecular weight is 539 g/mol. The summed E-state index contributed by atoms with van der Waals surface area (Å²) in [5.74, 6) is -3.32. The molecule has 0 atom stereocenters. The number of alkyl halides is 3. The lowest BCUT2D eigenvalue weighted by Gasteiger charge is -2.39. The van der Waals surface area contributed by atoms with Crippen molar-refractivity contribution < 1.29 is 37.4 Å². The molecule has 17 heteroatoms.